The van der Waals surface area contributed by atoms with Crippen LogP contribution in [0.25, 0.3) is 0 Å². The summed E-state index contributed by atoms with van der Waals surface area (Å²) < 4.78 is 0. The van der Waals surface area contributed by atoms with Gasteiger partial charge in [0.1, 0.15) is 0 Å². The Morgan fingerprint density at radius 2 is 2.14 bits per heavy atom. The molecule has 1 aromatic heterocycles. The number of hydrogen-bond donors (Lipinski definition) is 2. The van der Waals surface area contributed by atoms with E-state index in [1.54, 1.807) is 11.3 Å². The van der Waals surface area contributed by atoms with Gasteiger partial charge in [-0.25, -0.2) is 0 Å². The zero-order valence-corrected chi connectivity index (χ0v) is 12.5. The van der Waals surface area contributed by atoms with Crippen LogP contribution in [0, 0.1) is 6.92 Å². The van der Waals surface area contributed by atoms with E-state index in [4.69, 9.17) is 0 Å². The average molecular weight is 300 g/mol. The minimum atomic E-state index is -0.406. The number of rotatable bonds is 3. The first kappa shape index (κ1) is 13.8. The smallest absolute Gasteiger partial charge is 0.228 e. The summed E-state index contributed by atoms with van der Waals surface area (Å²) in [6.45, 7) is 2.55. The number of hydrogen-bond acceptors (Lipinski definition) is 3. The molecule has 0 radical (unpaired) electrons. The SMILES string of the molecule is Cc1ccc(CNC(=O)[C@H]2CC(=O)Nc3ccccc32)s1. The van der Waals surface area contributed by atoms with Crippen molar-refractivity contribution in [3.8, 4) is 0 Å². The van der Waals surface area contributed by atoms with Gasteiger partial charge in [-0.2, -0.15) is 0 Å². The highest BCUT2D eigenvalue weighted by Crippen LogP contribution is 2.32. The fourth-order valence-electron chi connectivity index (χ4n) is 2.52. The second-order valence-electron chi connectivity index (χ2n) is 5.12. The molecule has 21 heavy (non-hydrogen) atoms. The van der Waals surface area contributed by atoms with Crippen LogP contribution in [-0.4, -0.2) is 11.8 Å². The van der Waals surface area contributed by atoms with Gasteiger partial charge in [-0.05, 0) is 30.7 Å². The van der Waals surface area contributed by atoms with E-state index in [1.165, 1.54) is 4.88 Å². The maximum Gasteiger partial charge on any atom is 0.228 e. The summed E-state index contributed by atoms with van der Waals surface area (Å²) in [6, 6.07) is 11.5. The lowest BCUT2D eigenvalue weighted by Gasteiger charge is -2.24. The zero-order chi connectivity index (χ0) is 14.8. The van der Waals surface area contributed by atoms with Crippen LogP contribution in [-0.2, 0) is 16.1 Å². The predicted molar refractivity (Wildman–Crippen MR) is 83.3 cm³/mol. The van der Waals surface area contributed by atoms with Crippen LogP contribution in [0.1, 0.15) is 27.7 Å². The van der Waals surface area contributed by atoms with Gasteiger partial charge in [-0.15, -0.1) is 11.3 Å². The molecule has 0 fully saturated rings. The van der Waals surface area contributed by atoms with E-state index in [9.17, 15) is 9.59 Å². The maximum atomic E-state index is 12.4. The van der Waals surface area contributed by atoms with Crippen molar-refractivity contribution in [2.45, 2.75) is 25.8 Å². The zero-order valence-electron chi connectivity index (χ0n) is 11.7. The summed E-state index contributed by atoms with van der Waals surface area (Å²) >= 11 is 1.67. The van der Waals surface area contributed by atoms with Crippen molar-refractivity contribution >= 4 is 28.8 Å². The average Bonchev–Trinajstić information content (AvgIpc) is 2.89. The standard InChI is InChI=1S/C16H16N2O2S/c1-10-6-7-11(21-10)9-17-16(20)13-8-15(19)18-14-5-3-2-4-12(13)14/h2-7,13H,8-9H2,1H3,(H,17,20)(H,18,19)/t13-/m0/s1. The number of thiophene rings is 1. The molecule has 2 N–H and O–H groups in total. The summed E-state index contributed by atoms with van der Waals surface area (Å²) in [6.07, 6.45) is 0.201. The number of para-hydroxylation sites is 1. The van der Waals surface area contributed by atoms with Gasteiger partial charge in [0.15, 0.2) is 0 Å². The Labute approximate surface area is 127 Å². The fourth-order valence-corrected chi connectivity index (χ4v) is 3.35. The Bertz CT molecular complexity index is 693. The molecule has 1 aliphatic rings. The lowest BCUT2D eigenvalue weighted by Crippen LogP contribution is -2.34. The number of nitrogens with one attached hydrogen (secondary N) is 2. The van der Waals surface area contributed by atoms with Crippen LogP contribution in [0.4, 0.5) is 5.69 Å². The number of carbonyl (C=O) groups excluding carboxylic acids is 2. The molecule has 108 valence electrons. The summed E-state index contributed by atoms with van der Waals surface area (Å²) in [5.41, 5.74) is 1.62. The van der Waals surface area contributed by atoms with E-state index in [-0.39, 0.29) is 18.2 Å². The lowest BCUT2D eigenvalue weighted by atomic mass is 9.90. The van der Waals surface area contributed by atoms with Crippen molar-refractivity contribution in [1.29, 1.82) is 0 Å². The first-order valence-electron chi connectivity index (χ1n) is 6.85. The molecule has 0 spiro atoms. The summed E-state index contributed by atoms with van der Waals surface area (Å²) in [5, 5.41) is 5.74. The fraction of sp³-hybridized carbons (Fsp3) is 0.250. The number of carbonyl (C=O) groups is 2. The minimum Gasteiger partial charge on any atom is -0.351 e. The molecule has 1 aliphatic heterocycles. The molecule has 1 atom stereocenters. The molecule has 2 heterocycles. The molecule has 1 aromatic carbocycles. The lowest BCUT2D eigenvalue weighted by molar-refractivity contribution is -0.126. The van der Waals surface area contributed by atoms with Gasteiger partial charge in [-0.3, -0.25) is 9.59 Å². The number of fused-ring (bicyclic) bond motifs is 1. The molecule has 0 bridgehead atoms. The van der Waals surface area contributed by atoms with Gasteiger partial charge in [0, 0.05) is 21.9 Å². The Balaban J connectivity index is 1.74. The number of aryl methyl sites for hydroxylation is 1. The molecule has 0 aliphatic carbocycles. The Hall–Kier alpha value is -2.14. The van der Waals surface area contributed by atoms with Crippen molar-refractivity contribution in [3.05, 3.63) is 51.7 Å². The predicted octanol–water partition coefficient (Wildman–Crippen LogP) is 2.80. The second-order valence-corrected chi connectivity index (χ2v) is 6.49. The van der Waals surface area contributed by atoms with E-state index in [1.807, 2.05) is 43.3 Å². The first-order chi connectivity index (χ1) is 10.1. The normalized spacial score (nSPS) is 17.0. The third kappa shape index (κ3) is 2.97. The third-order valence-electron chi connectivity index (χ3n) is 3.55. The van der Waals surface area contributed by atoms with Crippen molar-refractivity contribution in [3.63, 3.8) is 0 Å². The second kappa shape index (κ2) is 5.69. The van der Waals surface area contributed by atoms with E-state index < -0.39 is 5.92 Å². The van der Waals surface area contributed by atoms with Gasteiger partial charge in [-0.1, -0.05) is 18.2 Å². The van der Waals surface area contributed by atoms with Crippen LogP contribution < -0.4 is 10.6 Å². The number of benzene rings is 1. The highest BCUT2D eigenvalue weighted by Gasteiger charge is 2.30. The molecule has 3 rings (SSSR count). The summed E-state index contributed by atoms with van der Waals surface area (Å²) in [5.74, 6) is -0.611. The molecule has 4 nitrogen and oxygen atoms in total. The van der Waals surface area contributed by atoms with Crippen LogP contribution in [0.3, 0.4) is 0 Å². The molecule has 0 saturated heterocycles. The van der Waals surface area contributed by atoms with Gasteiger partial charge < -0.3 is 10.6 Å². The van der Waals surface area contributed by atoms with Crippen LogP contribution >= 0.6 is 11.3 Å². The first-order valence-corrected chi connectivity index (χ1v) is 7.67. The molecular weight excluding hydrogens is 284 g/mol. The van der Waals surface area contributed by atoms with Gasteiger partial charge >= 0.3 is 0 Å². The van der Waals surface area contributed by atoms with E-state index >= 15 is 0 Å². The van der Waals surface area contributed by atoms with Gasteiger partial charge in [0.2, 0.25) is 11.8 Å². The van der Waals surface area contributed by atoms with Crippen LogP contribution in [0.2, 0.25) is 0 Å². The quantitative estimate of drug-likeness (QED) is 0.915. The molecule has 5 heteroatoms. The molecule has 0 saturated carbocycles. The Morgan fingerprint density at radius 3 is 2.90 bits per heavy atom. The molecular formula is C16H16N2O2S. The topological polar surface area (TPSA) is 58.2 Å². The monoisotopic (exact) mass is 300 g/mol. The van der Waals surface area contributed by atoms with Crippen LogP contribution in [0.5, 0.6) is 0 Å². The highest BCUT2D eigenvalue weighted by molar-refractivity contribution is 7.11. The summed E-state index contributed by atoms with van der Waals surface area (Å²) in [4.78, 5) is 26.5. The molecule has 0 unspecified atom stereocenters. The number of anilines is 1. The van der Waals surface area contributed by atoms with E-state index in [0.29, 0.717) is 6.54 Å². The molecule has 2 amide bonds. The third-order valence-corrected chi connectivity index (χ3v) is 4.55. The Morgan fingerprint density at radius 1 is 1.33 bits per heavy atom. The highest BCUT2D eigenvalue weighted by atomic mass is 32.1. The largest absolute Gasteiger partial charge is 0.351 e. The van der Waals surface area contributed by atoms with Crippen molar-refractivity contribution < 1.29 is 9.59 Å². The van der Waals surface area contributed by atoms with E-state index in [0.717, 1.165) is 16.1 Å². The summed E-state index contributed by atoms with van der Waals surface area (Å²) in [7, 11) is 0. The van der Waals surface area contributed by atoms with Gasteiger partial charge in [0.25, 0.3) is 0 Å². The van der Waals surface area contributed by atoms with E-state index in [2.05, 4.69) is 10.6 Å². The minimum absolute atomic E-state index is 0.0941. The molecule has 2 aromatic rings. The Kier molecular flexibility index (Phi) is 3.75. The van der Waals surface area contributed by atoms with Crippen molar-refractivity contribution in [1.82, 2.24) is 5.32 Å². The van der Waals surface area contributed by atoms with Crippen molar-refractivity contribution in [2.75, 3.05) is 5.32 Å². The van der Waals surface area contributed by atoms with Crippen molar-refractivity contribution in [2.24, 2.45) is 0 Å². The number of amides is 2. The van der Waals surface area contributed by atoms with Gasteiger partial charge in [0.05, 0.1) is 12.5 Å². The van der Waals surface area contributed by atoms with Crippen LogP contribution in [0.15, 0.2) is 36.4 Å². The maximum absolute atomic E-state index is 12.4.